The van der Waals surface area contributed by atoms with E-state index in [1.54, 1.807) is 23.7 Å². The fraction of sp³-hybridized carbons (Fsp3) is 0.292. The number of nitrogens with one attached hydrogen (secondary N) is 1. The van der Waals surface area contributed by atoms with Crippen LogP contribution in [0.1, 0.15) is 40.0 Å². The monoisotopic (exact) mass is 435 g/mol. The van der Waals surface area contributed by atoms with Gasteiger partial charge in [0.2, 0.25) is 5.91 Å². The van der Waals surface area contributed by atoms with Gasteiger partial charge in [-0.2, -0.15) is 0 Å². The lowest BCUT2D eigenvalue weighted by Crippen LogP contribution is -2.36. The van der Waals surface area contributed by atoms with Gasteiger partial charge in [0.05, 0.1) is 11.2 Å². The molecule has 1 aromatic heterocycles. The SMILES string of the molecule is O=C(NCCCC(=O)N1CCc2ccccc2C1)c1cccc(OCc2cscn2)c1. The number of ether oxygens (including phenoxy) is 1. The summed E-state index contributed by atoms with van der Waals surface area (Å²) in [5, 5.41) is 4.82. The van der Waals surface area contributed by atoms with Gasteiger partial charge in [-0.15, -0.1) is 11.3 Å². The average molecular weight is 436 g/mol. The van der Waals surface area contributed by atoms with Crippen molar-refractivity contribution in [1.29, 1.82) is 0 Å². The number of carbonyl (C=O) groups excluding carboxylic acids is 2. The topological polar surface area (TPSA) is 71.5 Å². The number of thiazole rings is 1. The maximum Gasteiger partial charge on any atom is 0.251 e. The van der Waals surface area contributed by atoms with Crippen LogP contribution in [0.5, 0.6) is 5.75 Å². The number of amides is 2. The van der Waals surface area contributed by atoms with Crippen LogP contribution in [-0.2, 0) is 24.4 Å². The highest BCUT2D eigenvalue weighted by atomic mass is 32.1. The molecule has 0 saturated carbocycles. The van der Waals surface area contributed by atoms with Gasteiger partial charge in [0, 0.05) is 37.0 Å². The van der Waals surface area contributed by atoms with E-state index in [4.69, 9.17) is 4.74 Å². The number of rotatable bonds is 8. The second-order valence-corrected chi connectivity index (χ2v) is 8.21. The molecule has 0 bridgehead atoms. The maximum absolute atomic E-state index is 12.5. The van der Waals surface area contributed by atoms with Crippen molar-refractivity contribution in [3.63, 3.8) is 0 Å². The summed E-state index contributed by atoms with van der Waals surface area (Å²) in [6, 6.07) is 15.4. The Morgan fingerprint density at radius 3 is 2.84 bits per heavy atom. The first-order chi connectivity index (χ1) is 15.2. The molecule has 7 heteroatoms. The minimum atomic E-state index is -0.168. The van der Waals surface area contributed by atoms with Crippen LogP contribution >= 0.6 is 11.3 Å². The molecule has 2 heterocycles. The summed E-state index contributed by atoms with van der Waals surface area (Å²) in [6.45, 7) is 2.27. The summed E-state index contributed by atoms with van der Waals surface area (Å²) in [5.74, 6) is 0.598. The zero-order chi connectivity index (χ0) is 21.5. The van der Waals surface area contributed by atoms with E-state index in [0.29, 0.717) is 43.9 Å². The van der Waals surface area contributed by atoms with Crippen molar-refractivity contribution < 1.29 is 14.3 Å². The standard InChI is InChI=1S/C24H25N3O3S/c28-23(27-12-10-18-5-1-2-6-20(18)14-27)9-4-11-25-24(29)19-7-3-8-22(13-19)30-15-21-16-31-17-26-21/h1-3,5-8,13,16-17H,4,9-12,14-15H2,(H,25,29). The van der Waals surface area contributed by atoms with Gasteiger partial charge in [-0.3, -0.25) is 9.59 Å². The summed E-state index contributed by atoms with van der Waals surface area (Å²) in [4.78, 5) is 31.1. The molecule has 6 nitrogen and oxygen atoms in total. The molecule has 0 unspecified atom stereocenters. The van der Waals surface area contributed by atoms with Gasteiger partial charge in [-0.1, -0.05) is 30.3 Å². The highest BCUT2D eigenvalue weighted by Crippen LogP contribution is 2.19. The van der Waals surface area contributed by atoms with Crippen molar-refractivity contribution in [2.45, 2.75) is 32.4 Å². The van der Waals surface area contributed by atoms with Gasteiger partial charge < -0.3 is 15.0 Å². The first-order valence-corrected chi connectivity index (χ1v) is 11.4. The highest BCUT2D eigenvalue weighted by Gasteiger charge is 2.19. The molecule has 4 rings (SSSR count). The van der Waals surface area contributed by atoms with Gasteiger partial charge in [0.25, 0.3) is 5.91 Å². The minimum Gasteiger partial charge on any atom is -0.487 e. The Hall–Kier alpha value is -3.19. The number of benzene rings is 2. The molecule has 160 valence electrons. The lowest BCUT2D eigenvalue weighted by atomic mass is 9.99. The third-order valence-corrected chi connectivity index (χ3v) is 5.94. The Labute approximate surface area is 185 Å². The fourth-order valence-electron chi connectivity index (χ4n) is 3.60. The van der Waals surface area contributed by atoms with E-state index in [1.807, 2.05) is 28.5 Å². The molecule has 0 fully saturated rings. The molecule has 0 radical (unpaired) electrons. The molecule has 0 atom stereocenters. The van der Waals surface area contributed by atoms with Gasteiger partial charge in [0.15, 0.2) is 0 Å². The second-order valence-electron chi connectivity index (χ2n) is 7.49. The van der Waals surface area contributed by atoms with Crippen molar-refractivity contribution in [2.75, 3.05) is 13.1 Å². The van der Waals surface area contributed by atoms with Crippen molar-refractivity contribution in [2.24, 2.45) is 0 Å². The van der Waals surface area contributed by atoms with E-state index in [9.17, 15) is 9.59 Å². The Bertz CT molecular complexity index is 1040. The molecule has 0 saturated heterocycles. The number of fused-ring (bicyclic) bond motifs is 1. The van der Waals surface area contributed by atoms with Crippen molar-refractivity contribution in [3.8, 4) is 5.75 Å². The van der Waals surface area contributed by atoms with E-state index in [1.165, 1.54) is 22.5 Å². The number of hydrogen-bond acceptors (Lipinski definition) is 5. The van der Waals surface area contributed by atoms with Crippen LogP contribution in [-0.4, -0.2) is 34.8 Å². The minimum absolute atomic E-state index is 0.140. The molecular weight excluding hydrogens is 410 g/mol. The third kappa shape index (κ3) is 5.70. The third-order valence-electron chi connectivity index (χ3n) is 5.30. The van der Waals surface area contributed by atoms with Crippen LogP contribution in [0.15, 0.2) is 59.4 Å². The van der Waals surface area contributed by atoms with Crippen LogP contribution < -0.4 is 10.1 Å². The largest absolute Gasteiger partial charge is 0.487 e. The van der Waals surface area contributed by atoms with Crippen LogP contribution in [0.3, 0.4) is 0 Å². The van der Waals surface area contributed by atoms with Crippen LogP contribution in [0, 0.1) is 0 Å². The van der Waals surface area contributed by atoms with Crippen molar-refractivity contribution >= 4 is 23.2 Å². The summed E-state index contributed by atoms with van der Waals surface area (Å²) in [5.41, 5.74) is 5.72. The molecular formula is C24H25N3O3S. The van der Waals surface area contributed by atoms with Crippen LogP contribution in [0.4, 0.5) is 0 Å². The fourth-order valence-corrected chi connectivity index (χ4v) is 4.15. The molecule has 1 N–H and O–H groups in total. The van der Waals surface area contributed by atoms with E-state index in [-0.39, 0.29) is 11.8 Å². The number of aromatic nitrogens is 1. The molecule has 1 aliphatic heterocycles. The molecule has 3 aromatic rings. The Morgan fingerprint density at radius 2 is 2.00 bits per heavy atom. The predicted octanol–water partition coefficient (Wildman–Crippen LogP) is 3.82. The number of carbonyl (C=O) groups is 2. The van der Waals surface area contributed by atoms with Crippen molar-refractivity contribution in [1.82, 2.24) is 15.2 Å². The quantitative estimate of drug-likeness (QED) is 0.546. The van der Waals surface area contributed by atoms with Gasteiger partial charge >= 0.3 is 0 Å². The molecule has 0 spiro atoms. The van der Waals surface area contributed by atoms with Crippen molar-refractivity contribution in [3.05, 3.63) is 81.8 Å². The smallest absolute Gasteiger partial charge is 0.251 e. The summed E-state index contributed by atoms with van der Waals surface area (Å²) in [7, 11) is 0. The lowest BCUT2D eigenvalue weighted by molar-refractivity contribution is -0.132. The molecule has 2 amide bonds. The Balaban J connectivity index is 1.20. The van der Waals surface area contributed by atoms with E-state index >= 15 is 0 Å². The van der Waals surface area contributed by atoms with Crippen LogP contribution in [0.25, 0.3) is 0 Å². The highest BCUT2D eigenvalue weighted by molar-refractivity contribution is 7.07. The Kier molecular flexibility index (Phi) is 6.94. The average Bonchev–Trinajstić information content (AvgIpc) is 3.34. The second kappa shape index (κ2) is 10.2. The lowest BCUT2D eigenvalue weighted by Gasteiger charge is -2.29. The van der Waals surface area contributed by atoms with E-state index in [2.05, 4.69) is 22.4 Å². The number of nitrogens with zero attached hydrogens (tertiary/aromatic N) is 2. The summed E-state index contributed by atoms with van der Waals surface area (Å²) in [6.07, 6.45) is 1.95. The maximum atomic E-state index is 12.5. The molecule has 0 aliphatic carbocycles. The van der Waals surface area contributed by atoms with Gasteiger partial charge in [0.1, 0.15) is 12.4 Å². The predicted molar refractivity (Wildman–Crippen MR) is 120 cm³/mol. The number of hydrogen-bond donors (Lipinski definition) is 1. The van der Waals surface area contributed by atoms with Gasteiger partial charge in [-0.25, -0.2) is 4.98 Å². The van der Waals surface area contributed by atoms with Crippen LogP contribution in [0.2, 0.25) is 0 Å². The normalized spacial score (nSPS) is 12.8. The summed E-state index contributed by atoms with van der Waals surface area (Å²) >= 11 is 1.52. The van der Waals surface area contributed by atoms with E-state index in [0.717, 1.165) is 18.7 Å². The first-order valence-electron chi connectivity index (χ1n) is 10.4. The molecule has 31 heavy (non-hydrogen) atoms. The summed E-state index contributed by atoms with van der Waals surface area (Å²) < 4.78 is 5.70. The Morgan fingerprint density at radius 1 is 1.13 bits per heavy atom. The molecule has 1 aliphatic rings. The van der Waals surface area contributed by atoms with E-state index < -0.39 is 0 Å². The van der Waals surface area contributed by atoms with Gasteiger partial charge in [-0.05, 0) is 42.2 Å². The zero-order valence-corrected chi connectivity index (χ0v) is 18.1. The molecule has 2 aromatic carbocycles. The first kappa shape index (κ1) is 21.1. The zero-order valence-electron chi connectivity index (χ0n) is 17.3.